The smallest absolute Gasteiger partial charge is 0.404 e. The van der Waals surface area contributed by atoms with Crippen molar-refractivity contribution in [1.82, 2.24) is 0 Å². The average molecular weight is 363 g/mol. The summed E-state index contributed by atoms with van der Waals surface area (Å²) in [6.45, 7) is 0.272. The summed E-state index contributed by atoms with van der Waals surface area (Å²) >= 11 is 1.74. The molecule has 1 amide bonds. The van der Waals surface area contributed by atoms with Gasteiger partial charge in [-0.05, 0) is 16.7 Å². The highest BCUT2D eigenvalue weighted by molar-refractivity contribution is 8.00. The minimum atomic E-state index is -0.740. The van der Waals surface area contributed by atoms with Crippen LogP contribution in [-0.4, -0.2) is 18.5 Å². The Hall–Kier alpha value is -2.72. The van der Waals surface area contributed by atoms with Crippen molar-refractivity contribution in [2.45, 2.75) is 4.75 Å². The molecule has 0 radical (unpaired) electrons. The lowest BCUT2D eigenvalue weighted by atomic mass is 9.84. The van der Waals surface area contributed by atoms with E-state index in [2.05, 4.69) is 72.8 Å². The molecular formula is C22H21NO2S. The summed E-state index contributed by atoms with van der Waals surface area (Å²) in [4.78, 5) is 10.9. The Kier molecular flexibility index (Phi) is 5.97. The van der Waals surface area contributed by atoms with Gasteiger partial charge in [-0.25, -0.2) is 4.79 Å². The molecule has 3 aromatic carbocycles. The highest BCUT2D eigenvalue weighted by Crippen LogP contribution is 2.48. The van der Waals surface area contributed by atoms with Crippen molar-refractivity contribution in [2.75, 3.05) is 12.4 Å². The van der Waals surface area contributed by atoms with E-state index in [9.17, 15) is 4.79 Å². The van der Waals surface area contributed by atoms with Crippen LogP contribution in [0.4, 0.5) is 4.79 Å². The number of nitrogens with two attached hydrogens (primary N) is 1. The SMILES string of the molecule is NC(=O)OCCSC(c1ccccc1)(c1ccccc1)c1ccccc1. The molecule has 0 saturated heterocycles. The van der Waals surface area contributed by atoms with Crippen LogP contribution in [0.3, 0.4) is 0 Å². The molecule has 26 heavy (non-hydrogen) atoms. The summed E-state index contributed by atoms with van der Waals surface area (Å²) in [5.74, 6) is 0.627. The largest absolute Gasteiger partial charge is 0.449 e. The van der Waals surface area contributed by atoms with Crippen LogP contribution in [0, 0.1) is 0 Å². The Morgan fingerprint density at radius 1 is 0.769 bits per heavy atom. The first-order valence-electron chi connectivity index (χ1n) is 8.46. The fourth-order valence-electron chi connectivity index (χ4n) is 3.11. The maximum Gasteiger partial charge on any atom is 0.404 e. The fourth-order valence-corrected chi connectivity index (χ4v) is 4.49. The Morgan fingerprint density at radius 3 is 1.50 bits per heavy atom. The highest BCUT2D eigenvalue weighted by atomic mass is 32.2. The van der Waals surface area contributed by atoms with E-state index >= 15 is 0 Å². The highest BCUT2D eigenvalue weighted by Gasteiger charge is 2.36. The molecule has 3 rings (SSSR count). The van der Waals surface area contributed by atoms with Crippen molar-refractivity contribution in [3.05, 3.63) is 108 Å². The van der Waals surface area contributed by atoms with E-state index in [4.69, 9.17) is 10.5 Å². The van der Waals surface area contributed by atoms with Crippen LogP contribution >= 0.6 is 11.8 Å². The van der Waals surface area contributed by atoms with Gasteiger partial charge in [-0.3, -0.25) is 0 Å². The maximum atomic E-state index is 10.9. The van der Waals surface area contributed by atoms with Crippen LogP contribution < -0.4 is 5.73 Å². The van der Waals surface area contributed by atoms with Crippen LogP contribution in [0.2, 0.25) is 0 Å². The molecule has 0 aliphatic heterocycles. The number of carbonyl (C=O) groups excluding carboxylic acids is 1. The molecule has 0 heterocycles. The molecule has 0 unspecified atom stereocenters. The van der Waals surface area contributed by atoms with E-state index in [1.54, 1.807) is 11.8 Å². The average Bonchev–Trinajstić information content (AvgIpc) is 2.70. The van der Waals surface area contributed by atoms with E-state index in [0.717, 1.165) is 0 Å². The van der Waals surface area contributed by atoms with E-state index < -0.39 is 10.8 Å². The minimum Gasteiger partial charge on any atom is -0.449 e. The topological polar surface area (TPSA) is 52.3 Å². The summed E-state index contributed by atoms with van der Waals surface area (Å²) < 4.78 is 4.56. The van der Waals surface area contributed by atoms with Gasteiger partial charge in [0.05, 0.1) is 4.75 Å². The number of primary amides is 1. The van der Waals surface area contributed by atoms with Gasteiger partial charge in [0.1, 0.15) is 6.61 Å². The molecule has 3 nitrogen and oxygen atoms in total. The summed E-state index contributed by atoms with van der Waals surface area (Å²) in [6, 6.07) is 31.2. The number of thioether (sulfide) groups is 1. The van der Waals surface area contributed by atoms with Gasteiger partial charge in [0, 0.05) is 5.75 Å². The Labute approximate surface area is 158 Å². The molecule has 0 aliphatic rings. The second kappa shape index (κ2) is 8.59. The molecule has 0 atom stereocenters. The number of hydrogen-bond acceptors (Lipinski definition) is 3. The third kappa shape index (κ3) is 3.92. The third-order valence-electron chi connectivity index (χ3n) is 4.19. The molecule has 4 heteroatoms. The molecular weight excluding hydrogens is 342 g/mol. The number of amides is 1. The number of hydrogen-bond donors (Lipinski definition) is 1. The van der Waals surface area contributed by atoms with Crippen molar-refractivity contribution in [3.8, 4) is 0 Å². The predicted molar refractivity (Wildman–Crippen MR) is 107 cm³/mol. The van der Waals surface area contributed by atoms with Crippen LogP contribution in [-0.2, 0) is 9.48 Å². The summed E-state index contributed by atoms with van der Waals surface area (Å²) in [5.41, 5.74) is 8.65. The number of carbonyl (C=O) groups is 1. The lowest BCUT2D eigenvalue weighted by Crippen LogP contribution is -2.27. The van der Waals surface area contributed by atoms with Gasteiger partial charge in [0.15, 0.2) is 0 Å². The standard InChI is InChI=1S/C22H21NO2S/c23-21(24)25-16-17-26-22(18-10-4-1-5-11-18,19-12-6-2-7-13-19)20-14-8-3-9-15-20/h1-15H,16-17H2,(H2,23,24). The van der Waals surface area contributed by atoms with Crippen molar-refractivity contribution in [3.63, 3.8) is 0 Å². The first-order chi connectivity index (χ1) is 12.7. The zero-order valence-corrected chi connectivity index (χ0v) is 15.2. The van der Waals surface area contributed by atoms with Gasteiger partial charge in [0.25, 0.3) is 0 Å². The van der Waals surface area contributed by atoms with Crippen LogP contribution in [0.25, 0.3) is 0 Å². The van der Waals surface area contributed by atoms with Gasteiger partial charge < -0.3 is 10.5 Å². The molecule has 0 spiro atoms. The molecule has 132 valence electrons. The van der Waals surface area contributed by atoms with E-state index in [0.29, 0.717) is 5.75 Å². The predicted octanol–water partition coefficient (Wildman–Crippen LogP) is 4.81. The van der Waals surface area contributed by atoms with Gasteiger partial charge in [-0.2, -0.15) is 0 Å². The molecule has 0 aliphatic carbocycles. The third-order valence-corrected chi connectivity index (χ3v) is 5.70. The second-order valence-electron chi connectivity index (χ2n) is 5.80. The summed E-state index contributed by atoms with van der Waals surface area (Å²) in [7, 11) is 0. The Bertz CT molecular complexity index is 726. The van der Waals surface area contributed by atoms with Crippen LogP contribution in [0.5, 0.6) is 0 Å². The lowest BCUT2D eigenvalue weighted by molar-refractivity contribution is 0.164. The number of rotatable bonds is 7. The molecule has 3 aromatic rings. The van der Waals surface area contributed by atoms with Crippen molar-refractivity contribution in [1.29, 1.82) is 0 Å². The Morgan fingerprint density at radius 2 is 1.15 bits per heavy atom. The molecule has 2 N–H and O–H groups in total. The maximum absolute atomic E-state index is 10.9. The second-order valence-corrected chi connectivity index (χ2v) is 7.10. The quantitative estimate of drug-likeness (QED) is 0.484. The number of ether oxygens (including phenoxy) is 1. The van der Waals surface area contributed by atoms with Crippen molar-refractivity contribution >= 4 is 17.9 Å². The first kappa shape index (κ1) is 18.1. The van der Waals surface area contributed by atoms with Crippen molar-refractivity contribution in [2.24, 2.45) is 5.73 Å². The van der Waals surface area contributed by atoms with Gasteiger partial charge >= 0.3 is 6.09 Å². The van der Waals surface area contributed by atoms with Gasteiger partial charge in [-0.1, -0.05) is 91.0 Å². The molecule has 0 bridgehead atoms. The van der Waals surface area contributed by atoms with Crippen LogP contribution in [0.1, 0.15) is 16.7 Å². The van der Waals surface area contributed by atoms with Crippen LogP contribution in [0.15, 0.2) is 91.0 Å². The minimum absolute atomic E-state index is 0.272. The Balaban J connectivity index is 2.10. The zero-order valence-electron chi connectivity index (χ0n) is 14.4. The van der Waals surface area contributed by atoms with E-state index in [1.165, 1.54) is 16.7 Å². The first-order valence-corrected chi connectivity index (χ1v) is 9.45. The molecule has 0 saturated carbocycles. The number of benzene rings is 3. The summed E-state index contributed by atoms with van der Waals surface area (Å²) in [5, 5.41) is 0. The summed E-state index contributed by atoms with van der Waals surface area (Å²) in [6.07, 6.45) is -0.740. The van der Waals surface area contributed by atoms with Gasteiger partial charge in [-0.15, -0.1) is 11.8 Å². The van der Waals surface area contributed by atoms with E-state index in [-0.39, 0.29) is 6.61 Å². The normalized spacial score (nSPS) is 11.1. The van der Waals surface area contributed by atoms with Gasteiger partial charge in [0.2, 0.25) is 0 Å². The monoisotopic (exact) mass is 363 g/mol. The van der Waals surface area contributed by atoms with E-state index in [1.807, 2.05) is 18.2 Å². The zero-order chi connectivity index (χ0) is 18.2. The fraction of sp³-hybridized carbons (Fsp3) is 0.136. The lowest BCUT2D eigenvalue weighted by Gasteiger charge is -2.35. The molecule has 0 fully saturated rings. The van der Waals surface area contributed by atoms with Crippen molar-refractivity contribution < 1.29 is 9.53 Å². The molecule has 0 aromatic heterocycles.